The number of rotatable bonds is 10. The molecule has 4 nitrogen and oxygen atoms in total. The van der Waals surface area contributed by atoms with Gasteiger partial charge in [0.25, 0.3) is 0 Å². The van der Waals surface area contributed by atoms with Gasteiger partial charge < -0.3 is 15.0 Å². The summed E-state index contributed by atoms with van der Waals surface area (Å²) < 4.78 is 5.16. The molecule has 4 heteroatoms. The van der Waals surface area contributed by atoms with E-state index in [4.69, 9.17) is 9.72 Å². The Kier molecular flexibility index (Phi) is 8.01. The van der Waals surface area contributed by atoms with Crippen molar-refractivity contribution in [2.45, 2.75) is 27.3 Å². The quantitative estimate of drug-likeness (QED) is 0.673. The van der Waals surface area contributed by atoms with Crippen molar-refractivity contribution in [3.63, 3.8) is 0 Å². The van der Waals surface area contributed by atoms with Crippen LogP contribution in [0, 0.1) is 12.8 Å². The Morgan fingerprint density at radius 1 is 1.43 bits per heavy atom. The molecule has 0 aliphatic carbocycles. The summed E-state index contributed by atoms with van der Waals surface area (Å²) in [6.07, 6.45) is 1.89. The standard InChI is InChI=1S/C17H29N3O/c1-6-9-20(10-11-21-5)17-8-7-16(15(4)19-17)13-18-12-14(2)3/h6-8,14,18H,1,9-13H2,2-5H3. The summed E-state index contributed by atoms with van der Waals surface area (Å²) in [5.74, 6) is 1.65. The number of ether oxygens (including phenoxy) is 1. The molecule has 0 spiro atoms. The summed E-state index contributed by atoms with van der Waals surface area (Å²) >= 11 is 0. The Morgan fingerprint density at radius 3 is 2.76 bits per heavy atom. The summed E-state index contributed by atoms with van der Waals surface area (Å²) in [5, 5.41) is 3.46. The molecule has 118 valence electrons. The van der Waals surface area contributed by atoms with Crippen LogP contribution in [0.15, 0.2) is 24.8 Å². The van der Waals surface area contributed by atoms with Crippen LogP contribution in [0.1, 0.15) is 25.1 Å². The number of anilines is 1. The lowest BCUT2D eigenvalue weighted by Crippen LogP contribution is -2.28. The second kappa shape index (κ2) is 9.53. The van der Waals surface area contributed by atoms with Crippen molar-refractivity contribution in [2.75, 3.05) is 38.3 Å². The van der Waals surface area contributed by atoms with E-state index in [1.54, 1.807) is 7.11 Å². The number of hydrogen-bond acceptors (Lipinski definition) is 4. The Balaban J connectivity index is 2.71. The van der Waals surface area contributed by atoms with Crippen LogP contribution in [0.4, 0.5) is 5.82 Å². The minimum atomic E-state index is 0.662. The van der Waals surface area contributed by atoms with Crippen molar-refractivity contribution in [3.8, 4) is 0 Å². The van der Waals surface area contributed by atoms with Crippen molar-refractivity contribution in [3.05, 3.63) is 36.0 Å². The molecule has 0 aliphatic rings. The first-order chi connectivity index (χ1) is 10.1. The minimum absolute atomic E-state index is 0.662. The van der Waals surface area contributed by atoms with Crippen molar-refractivity contribution in [1.82, 2.24) is 10.3 Å². The monoisotopic (exact) mass is 291 g/mol. The maximum absolute atomic E-state index is 5.16. The van der Waals surface area contributed by atoms with Gasteiger partial charge >= 0.3 is 0 Å². The first kappa shape index (κ1) is 17.7. The summed E-state index contributed by atoms with van der Waals surface area (Å²) in [7, 11) is 1.72. The lowest BCUT2D eigenvalue weighted by molar-refractivity contribution is 0.205. The highest BCUT2D eigenvalue weighted by Crippen LogP contribution is 2.15. The predicted molar refractivity (Wildman–Crippen MR) is 89.8 cm³/mol. The molecule has 1 N–H and O–H groups in total. The summed E-state index contributed by atoms with van der Waals surface area (Å²) in [5.41, 5.74) is 2.33. The summed E-state index contributed by atoms with van der Waals surface area (Å²) in [6, 6.07) is 4.24. The Bertz CT molecular complexity index is 432. The van der Waals surface area contributed by atoms with Gasteiger partial charge in [0.05, 0.1) is 6.61 Å². The molecule has 0 radical (unpaired) electrons. The number of pyridine rings is 1. The average Bonchev–Trinajstić information content (AvgIpc) is 2.45. The molecular weight excluding hydrogens is 262 g/mol. The summed E-state index contributed by atoms with van der Waals surface area (Å²) in [4.78, 5) is 6.90. The highest BCUT2D eigenvalue weighted by molar-refractivity contribution is 5.42. The topological polar surface area (TPSA) is 37.4 Å². The molecule has 0 unspecified atom stereocenters. The van der Waals surface area contributed by atoms with Gasteiger partial charge in [-0.15, -0.1) is 6.58 Å². The molecule has 0 atom stereocenters. The normalized spacial score (nSPS) is 10.9. The van der Waals surface area contributed by atoms with E-state index in [-0.39, 0.29) is 0 Å². The number of hydrogen-bond donors (Lipinski definition) is 1. The highest BCUT2D eigenvalue weighted by atomic mass is 16.5. The molecule has 1 rings (SSSR count). The second-order valence-electron chi connectivity index (χ2n) is 5.67. The lowest BCUT2D eigenvalue weighted by atomic mass is 10.1. The van der Waals surface area contributed by atoms with Crippen LogP contribution in [-0.2, 0) is 11.3 Å². The summed E-state index contributed by atoms with van der Waals surface area (Å²) in [6.45, 7) is 14.5. The molecule has 0 aliphatic heterocycles. The smallest absolute Gasteiger partial charge is 0.129 e. The first-order valence-corrected chi connectivity index (χ1v) is 7.60. The zero-order chi connectivity index (χ0) is 15.7. The third kappa shape index (κ3) is 6.27. The minimum Gasteiger partial charge on any atom is -0.383 e. The van der Waals surface area contributed by atoms with Crippen molar-refractivity contribution in [2.24, 2.45) is 5.92 Å². The highest BCUT2D eigenvalue weighted by Gasteiger charge is 2.08. The van der Waals surface area contributed by atoms with E-state index >= 15 is 0 Å². The largest absolute Gasteiger partial charge is 0.383 e. The van der Waals surface area contributed by atoms with E-state index in [9.17, 15) is 0 Å². The maximum Gasteiger partial charge on any atom is 0.129 e. The number of aromatic nitrogens is 1. The second-order valence-corrected chi connectivity index (χ2v) is 5.67. The van der Waals surface area contributed by atoms with Gasteiger partial charge in [-0.1, -0.05) is 26.0 Å². The molecule has 0 saturated carbocycles. The van der Waals surface area contributed by atoms with Gasteiger partial charge in [-0.25, -0.2) is 4.98 Å². The van der Waals surface area contributed by atoms with Gasteiger partial charge in [0.1, 0.15) is 5.82 Å². The van der Waals surface area contributed by atoms with E-state index in [0.717, 1.165) is 37.7 Å². The molecule has 0 bridgehead atoms. The average molecular weight is 291 g/mol. The third-order valence-electron chi connectivity index (χ3n) is 3.29. The fourth-order valence-electron chi connectivity index (χ4n) is 2.09. The molecule has 1 heterocycles. The van der Waals surface area contributed by atoms with Crippen LogP contribution in [0.25, 0.3) is 0 Å². The van der Waals surface area contributed by atoms with E-state index in [1.165, 1.54) is 5.56 Å². The van der Waals surface area contributed by atoms with Gasteiger partial charge in [0, 0.05) is 32.4 Å². The molecule has 1 aromatic rings. The van der Waals surface area contributed by atoms with Crippen LogP contribution >= 0.6 is 0 Å². The SMILES string of the molecule is C=CCN(CCOC)c1ccc(CNCC(C)C)c(C)n1. The van der Waals surface area contributed by atoms with Crippen molar-refractivity contribution < 1.29 is 4.74 Å². The number of aryl methyl sites for hydroxylation is 1. The lowest BCUT2D eigenvalue weighted by Gasteiger charge is -2.22. The van der Waals surface area contributed by atoms with Gasteiger partial charge in [0.15, 0.2) is 0 Å². The first-order valence-electron chi connectivity index (χ1n) is 7.60. The van der Waals surface area contributed by atoms with E-state index in [1.807, 2.05) is 6.08 Å². The molecule has 1 aromatic heterocycles. The number of nitrogens with one attached hydrogen (secondary N) is 1. The Labute approximate surface area is 129 Å². The van der Waals surface area contributed by atoms with Crippen LogP contribution in [0.3, 0.4) is 0 Å². The third-order valence-corrected chi connectivity index (χ3v) is 3.29. The van der Waals surface area contributed by atoms with Crippen LogP contribution in [0.5, 0.6) is 0 Å². The molecule has 21 heavy (non-hydrogen) atoms. The Hall–Kier alpha value is -1.39. The molecule has 0 amide bonds. The van der Waals surface area contributed by atoms with Gasteiger partial charge in [-0.2, -0.15) is 0 Å². The fourth-order valence-corrected chi connectivity index (χ4v) is 2.09. The van der Waals surface area contributed by atoms with E-state index < -0.39 is 0 Å². The molecule has 0 fully saturated rings. The zero-order valence-corrected chi connectivity index (χ0v) is 13.9. The fraction of sp³-hybridized carbons (Fsp3) is 0.588. The molecular formula is C17H29N3O. The molecule has 0 saturated heterocycles. The zero-order valence-electron chi connectivity index (χ0n) is 13.9. The number of methoxy groups -OCH3 is 1. The molecule has 0 aromatic carbocycles. The van der Waals surface area contributed by atoms with Crippen LogP contribution in [0.2, 0.25) is 0 Å². The van der Waals surface area contributed by atoms with Crippen molar-refractivity contribution >= 4 is 5.82 Å². The van der Waals surface area contributed by atoms with E-state index in [0.29, 0.717) is 12.5 Å². The van der Waals surface area contributed by atoms with Crippen molar-refractivity contribution in [1.29, 1.82) is 0 Å². The van der Waals surface area contributed by atoms with Gasteiger partial charge in [-0.05, 0) is 31.0 Å². The Morgan fingerprint density at radius 2 is 2.19 bits per heavy atom. The number of nitrogens with zero attached hydrogens (tertiary/aromatic N) is 2. The predicted octanol–water partition coefficient (Wildman–Crippen LogP) is 2.77. The van der Waals surface area contributed by atoms with Crippen LogP contribution < -0.4 is 10.2 Å². The van der Waals surface area contributed by atoms with Gasteiger partial charge in [-0.3, -0.25) is 0 Å². The van der Waals surface area contributed by atoms with Crippen LogP contribution in [-0.4, -0.2) is 38.3 Å². The van der Waals surface area contributed by atoms with Gasteiger partial charge in [0.2, 0.25) is 0 Å². The van der Waals surface area contributed by atoms with E-state index in [2.05, 4.69) is 49.7 Å². The maximum atomic E-state index is 5.16.